The van der Waals surface area contributed by atoms with Gasteiger partial charge in [0.2, 0.25) is 0 Å². The zero-order valence-corrected chi connectivity index (χ0v) is 18.1. The van der Waals surface area contributed by atoms with Crippen LogP contribution >= 0.6 is 0 Å². The summed E-state index contributed by atoms with van der Waals surface area (Å²) in [5, 5.41) is 13.1. The third kappa shape index (κ3) is 3.04. The number of rotatable bonds is 6. The Balaban J connectivity index is 1.72. The van der Waals surface area contributed by atoms with E-state index in [2.05, 4.69) is 64.8 Å². The summed E-state index contributed by atoms with van der Waals surface area (Å²) in [6, 6.07) is 11.1. The van der Waals surface area contributed by atoms with Crippen LogP contribution in [0.25, 0.3) is 33.1 Å². The van der Waals surface area contributed by atoms with Crippen LogP contribution in [0.15, 0.2) is 42.9 Å². The third-order valence-corrected chi connectivity index (χ3v) is 6.74. The van der Waals surface area contributed by atoms with Crippen LogP contribution < -0.4 is 0 Å². The molecule has 1 atom stereocenters. The molecule has 2 heterocycles. The fourth-order valence-corrected chi connectivity index (χ4v) is 5.04. The molecule has 0 saturated carbocycles. The molecule has 0 bridgehead atoms. The summed E-state index contributed by atoms with van der Waals surface area (Å²) in [4.78, 5) is 7.02. The molecule has 0 spiro atoms. The molecule has 0 radical (unpaired) electrons. The molecule has 1 unspecified atom stereocenters. The van der Waals surface area contributed by atoms with Crippen LogP contribution in [0.3, 0.4) is 0 Å². The normalized spacial score (nSPS) is 16.2. The Kier molecular flexibility index (Phi) is 4.88. The van der Waals surface area contributed by atoms with Gasteiger partial charge in [0, 0.05) is 53.7 Å². The third-order valence-electron chi connectivity index (χ3n) is 6.74. The Hall–Kier alpha value is -2.63. The lowest BCUT2D eigenvalue weighted by atomic mass is 10.0. The van der Waals surface area contributed by atoms with E-state index in [-0.39, 0.29) is 6.10 Å². The number of aliphatic hydroxyl groups is 1. The first-order valence-corrected chi connectivity index (χ1v) is 11.1. The van der Waals surface area contributed by atoms with Crippen molar-refractivity contribution in [2.24, 2.45) is 7.05 Å². The molecule has 1 N–H and O–H groups in total. The van der Waals surface area contributed by atoms with Crippen molar-refractivity contribution >= 4 is 21.8 Å². The van der Waals surface area contributed by atoms with Crippen molar-refractivity contribution in [2.75, 3.05) is 19.6 Å². The minimum Gasteiger partial charge on any atom is -0.388 e. The van der Waals surface area contributed by atoms with Gasteiger partial charge < -0.3 is 19.1 Å². The predicted molar refractivity (Wildman–Crippen MR) is 123 cm³/mol. The van der Waals surface area contributed by atoms with Crippen LogP contribution in [-0.2, 0) is 20.0 Å². The summed E-state index contributed by atoms with van der Waals surface area (Å²) in [5.74, 6) is 0. The number of hydrogen-bond acceptors (Lipinski definition) is 3. The second kappa shape index (κ2) is 7.56. The highest BCUT2D eigenvalue weighted by atomic mass is 16.3. The molecule has 2 aromatic carbocycles. The summed E-state index contributed by atoms with van der Waals surface area (Å²) in [7, 11) is 2.00. The van der Waals surface area contributed by atoms with Crippen molar-refractivity contribution in [3.8, 4) is 11.3 Å². The van der Waals surface area contributed by atoms with Gasteiger partial charge in [-0.2, -0.15) is 0 Å². The average Bonchev–Trinajstić information content (AvgIpc) is 3.44. The van der Waals surface area contributed by atoms with Gasteiger partial charge >= 0.3 is 0 Å². The van der Waals surface area contributed by atoms with Gasteiger partial charge in [-0.1, -0.05) is 26.0 Å². The SMILES string of the molecule is CCN(CC)CCn1c2ccc(-c3cn(C)cn3)cc2c2c3c(ccc21)C(O)CC3. The number of imidazole rings is 1. The van der Waals surface area contributed by atoms with Crippen LogP contribution in [0, 0.1) is 0 Å². The number of nitrogens with zero attached hydrogens (tertiary/aromatic N) is 4. The Morgan fingerprint density at radius 1 is 1.13 bits per heavy atom. The van der Waals surface area contributed by atoms with Gasteiger partial charge in [0.15, 0.2) is 0 Å². The molecule has 30 heavy (non-hydrogen) atoms. The van der Waals surface area contributed by atoms with Crippen LogP contribution in [-0.4, -0.2) is 43.8 Å². The molecule has 0 amide bonds. The molecule has 5 rings (SSSR count). The minimum absolute atomic E-state index is 0.336. The number of aromatic nitrogens is 3. The van der Waals surface area contributed by atoms with Gasteiger partial charge in [-0.3, -0.25) is 0 Å². The van der Waals surface area contributed by atoms with E-state index < -0.39 is 0 Å². The van der Waals surface area contributed by atoms with Gasteiger partial charge in [0.25, 0.3) is 0 Å². The Morgan fingerprint density at radius 3 is 2.67 bits per heavy atom. The van der Waals surface area contributed by atoms with E-state index in [0.29, 0.717) is 0 Å². The highest BCUT2D eigenvalue weighted by Gasteiger charge is 2.25. The number of hydrogen-bond donors (Lipinski definition) is 1. The first-order valence-electron chi connectivity index (χ1n) is 11.1. The zero-order chi connectivity index (χ0) is 20.8. The van der Waals surface area contributed by atoms with E-state index in [1.807, 2.05) is 17.9 Å². The number of benzene rings is 2. The average molecular weight is 403 g/mol. The minimum atomic E-state index is -0.336. The molecule has 0 fully saturated rings. The summed E-state index contributed by atoms with van der Waals surface area (Å²) in [6.45, 7) is 8.59. The number of aryl methyl sites for hydroxylation is 2. The van der Waals surface area contributed by atoms with Gasteiger partial charge in [0.1, 0.15) is 0 Å². The van der Waals surface area contributed by atoms with Crippen LogP contribution in [0.1, 0.15) is 37.5 Å². The van der Waals surface area contributed by atoms with Crippen LogP contribution in [0.5, 0.6) is 0 Å². The Morgan fingerprint density at radius 2 is 1.93 bits per heavy atom. The molecule has 1 aliphatic carbocycles. The summed E-state index contributed by atoms with van der Waals surface area (Å²) in [5.41, 5.74) is 7.12. The van der Waals surface area contributed by atoms with Crippen molar-refractivity contribution in [2.45, 2.75) is 39.3 Å². The largest absolute Gasteiger partial charge is 0.388 e. The van der Waals surface area contributed by atoms with Gasteiger partial charge in [-0.05, 0) is 55.3 Å². The monoisotopic (exact) mass is 402 g/mol. The van der Waals surface area contributed by atoms with Gasteiger partial charge in [-0.15, -0.1) is 0 Å². The fourth-order valence-electron chi connectivity index (χ4n) is 5.04. The maximum Gasteiger partial charge on any atom is 0.0951 e. The molecule has 1 aliphatic rings. The van der Waals surface area contributed by atoms with Crippen molar-refractivity contribution in [3.05, 3.63) is 54.0 Å². The van der Waals surface area contributed by atoms with Gasteiger partial charge in [-0.25, -0.2) is 4.98 Å². The van der Waals surface area contributed by atoms with Crippen molar-refractivity contribution in [3.63, 3.8) is 0 Å². The molecule has 156 valence electrons. The molecule has 0 saturated heterocycles. The van der Waals surface area contributed by atoms with E-state index in [1.165, 1.54) is 27.4 Å². The zero-order valence-electron chi connectivity index (χ0n) is 18.1. The van der Waals surface area contributed by atoms with E-state index in [1.54, 1.807) is 0 Å². The first kappa shape index (κ1) is 19.3. The lowest BCUT2D eigenvalue weighted by Crippen LogP contribution is -2.26. The van der Waals surface area contributed by atoms with Crippen LogP contribution in [0.4, 0.5) is 0 Å². The number of likely N-dealkylation sites (N-methyl/N-ethyl adjacent to an activating group) is 1. The molecular formula is C25H30N4O. The Bertz CT molecular complexity index is 1220. The molecule has 2 aromatic heterocycles. The summed E-state index contributed by atoms with van der Waals surface area (Å²) >= 11 is 0. The molecule has 5 heteroatoms. The first-order chi connectivity index (χ1) is 14.6. The quantitative estimate of drug-likeness (QED) is 0.516. The highest BCUT2D eigenvalue weighted by Crippen LogP contribution is 2.41. The predicted octanol–water partition coefficient (Wildman–Crippen LogP) is 4.52. The smallest absolute Gasteiger partial charge is 0.0951 e. The number of aliphatic hydroxyl groups excluding tert-OH is 1. The molecule has 4 aromatic rings. The van der Waals surface area contributed by atoms with Crippen molar-refractivity contribution in [1.82, 2.24) is 19.0 Å². The Labute approximate surface area is 177 Å². The van der Waals surface area contributed by atoms with E-state index >= 15 is 0 Å². The summed E-state index contributed by atoms with van der Waals surface area (Å²) < 4.78 is 4.46. The standard InChI is InChI=1S/C25H30N4O/c1-4-28(5-2)12-13-29-22-9-6-17(21-15-27(3)16-26-21)14-20(22)25-19-8-11-24(30)18(19)7-10-23(25)29/h6-7,9-10,14-16,24,30H,4-5,8,11-13H2,1-3H3. The number of fused-ring (bicyclic) bond motifs is 5. The van der Waals surface area contributed by atoms with Crippen molar-refractivity contribution < 1.29 is 5.11 Å². The van der Waals surface area contributed by atoms with E-state index in [4.69, 9.17) is 0 Å². The molecule has 0 aliphatic heterocycles. The second-order valence-corrected chi connectivity index (χ2v) is 8.42. The van der Waals surface area contributed by atoms with Crippen LogP contribution in [0.2, 0.25) is 0 Å². The fraction of sp³-hybridized carbons (Fsp3) is 0.400. The van der Waals surface area contributed by atoms with E-state index in [0.717, 1.165) is 55.8 Å². The topological polar surface area (TPSA) is 46.2 Å². The van der Waals surface area contributed by atoms with E-state index in [9.17, 15) is 5.11 Å². The summed E-state index contributed by atoms with van der Waals surface area (Å²) in [6.07, 6.45) is 5.34. The highest BCUT2D eigenvalue weighted by molar-refractivity contribution is 6.11. The lowest BCUT2D eigenvalue weighted by Gasteiger charge is -2.19. The maximum atomic E-state index is 10.5. The lowest BCUT2D eigenvalue weighted by molar-refractivity contribution is 0.180. The molecular weight excluding hydrogens is 372 g/mol. The molecule has 5 nitrogen and oxygen atoms in total. The van der Waals surface area contributed by atoms with Crippen molar-refractivity contribution in [1.29, 1.82) is 0 Å². The second-order valence-electron chi connectivity index (χ2n) is 8.42. The van der Waals surface area contributed by atoms with Gasteiger partial charge in [0.05, 0.1) is 18.1 Å². The maximum absolute atomic E-state index is 10.5.